The molecule has 0 spiro atoms. The van der Waals surface area contributed by atoms with Gasteiger partial charge in [-0.2, -0.15) is 0 Å². The van der Waals surface area contributed by atoms with Gasteiger partial charge in [0.15, 0.2) is 0 Å². The van der Waals surface area contributed by atoms with Crippen LogP contribution in [0.1, 0.15) is 65.7 Å². The minimum absolute atomic E-state index is 0.125. The summed E-state index contributed by atoms with van der Waals surface area (Å²) in [6.07, 6.45) is 11.7. The van der Waals surface area contributed by atoms with Gasteiger partial charge in [-0.3, -0.25) is 4.79 Å². The number of aliphatic hydroxyl groups is 1. The first-order valence-corrected chi connectivity index (χ1v) is 8.91. The Hall–Kier alpha value is -0.890. The molecule has 0 saturated heterocycles. The van der Waals surface area contributed by atoms with Gasteiger partial charge in [0.1, 0.15) is 6.29 Å². The number of aliphatic hydroxyl groups excluding tert-OH is 1. The molecule has 0 aromatic heterocycles. The minimum Gasteiger partial charge on any atom is -0.392 e. The predicted octanol–water partition coefficient (Wildman–Crippen LogP) is 4.44. The summed E-state index contributed by atoms with van der Waals surface area (Å²) in [4.78, 5) is 11.1. The van der Waals surface area contributed by atoms with Crippen molar-refractivity contribution in [3.05, 3.63) is 22.8 Å². The van der Waals surface area contributed by atoms with Gasteiger partial charge in [-0.1, -0.05) is 38.8 Å². The zero-order chi connectivity index (χ0) is 16.0. The van der Waals surface area contributed by atoms with Crippen molar-refractivity contribution in [1.82, 2.24) is 0 Å². The van der Waals surface area contributed by atoms with Crippen LogP contribution in [0.4, 0.5) is 0 Å². The number of aldehydes is 1. The smallest absolute Gasteiger partial charge is 0.148 e. The van der Waals surface area contributed by atoms with Gasteiger partial charge in [-0.25, -0.2) is 0 Å². The molecule has 3 aliphatic rings. The Labute approximate surface area is 134 Å². The SMILES string of the molecule is CC1(C)CCC[C@@]2(C)[C@@H]3CC/C(=C(/C=O)CO)C=C3CC[C@H]12. The van der Waals surface area contributed by atoms with E-state index in [0.717, 1.165) is 30.6 Å². The average Bonchev–Trinajstić information content (AvgIpc) is 2.47. The maximum atomic E-state index is 11.1. The van der Waals surface area contributed by atoms with Gasteiger partial charge >= 0.3 is 0 Å². The molecule has 2 fully saturated rings. The lowest BCUT2D eigenvalue weighted by atomic mass is 9.46. The maximum Gasteiger partial charge on any atom is 0.148 e. The van der Waals surface area contributed by atoms with Crippen molar-refractivity contribution in [2.75, 3.05) is 6.61 Å². The second-order valence-corrected chi connectivity index (χ2v) is 8.58. The van der Waals surface area contributed by atoms with Crippen molar-refractivity contribution in [2.24, 2.45) is 22.7 Å². The molecule has 0 heterocycles. The highest BCUT2D eigenvalue weighted by Gasteiger charge is 2.53. The number of fused-ring (bicyclic) bond motifs is 3. The van der Waals surface area contributed by atoms with E-state index in [1.807, 2.05) is 0 Å². The normalized spacial score (nSPS) is 39.4. The van der Waals surface area contributed by atoms with Crippen LogP contribution >= 0.6 is 0 Å². The zero-order valence-electron chi connectivity index (χ0n) is 14.3. The fourth-order valence-electron chi connectivity index (χ4n) is 5.96. The van der Waals surface area contributed by atoms with E-state index in [0.29, 0.717) is 22.3 Å². The molecule has 22 heavy (non-hydrogen) atoms. The topological polar surface area (TPSA) is 37.3 Å². The Balaban J connectivity index is 1.96. The van der Waals surface area contributed by atoms with Crippen LogP contribution in [0.15, 0.2) is 22.8 Å². The zero-order valence-corrected chi connectivity index (χ0v) is 14.3. The van der Waals surface area contributed by atoms with Crippen molar-refractivity contribution >= 4 is 6.29 Å². The van der Waals surface area contributed by atoms with E-state index in [2.05, 4.69) is 26.8 Å². The highest BCUT2D eigenvalue weighted by atomic mass is 16.3. The molecular weight excluding hydrogens is 272 g/mol. The van der Waals surface area contributed by atoms with E-state index in [1.54, 1.807) is 5.57 Å². The molecule has 0 aliphatic heterocycles. The molecule has 0 unspecified atom stereocenters. The fourth-order valence-corrected chi connectivity index (χ4v) is 5.96. The number of carbonyl (C=O) groups excluding carboxylic acids is 1. The average molecular weight is 302 g/mol. The number of carbonyl (C=O) groups is 1. The van der Waals surface area contributed by atoms with Gasteiger partial charge < -0.3 is 5.11 Å². The van der Waals surface area contributed by atoms with Crippen LogP contribution in [-0.2, 0) is 4.79 Å². The third-order valence-electron chi connectivity index (χ3n) is 7.03. The van der Waals surface area contributed by atoms with Gasteiger partial charge in [-0.15, -0.1) is 0 Å². The molecule has 2 saturated carbocycles. The fraction of sp³-hybridized carbons (Fsp3) is 0.750. The van der Waals surface area contributed by atoms with Crippen molar-refractivity contribution < 1.29 is 9.90 Å². The molecule has 122 valence electrons. The molecule has 0 radical (unpaired) electrons. The summed E-state index contributed by atoms with van der Waals surface area (Å²) >= 11 is 0. The summed E-state index contributed by atoms with van der Waals surface area (Å²) in [5, 5.41) is 9.36. The molecule has 3 rings (SSSR count). The third-order valence-corrected chi connectivity index (χ3v) is 7.03. The first-order chi connectivity index (χ1) is 10.4. The summed E-state index contributed by atoms with van der Waals surface area (Å²) in [7, 11) is 0. The third kappa shape index (κ3) is 2.40. The summed E-state index contributed by atoms with van der Waals surface area (Å²) < 4.78 is 0. The Morgan fingerprint density at radius 2 is 2.05 bits per heavy atom. The standard InChI is InChI=1S/C20H30O2/c1-19(2)9-4-10-20(3)17-7-5-14(16(12-21)13-22)11-15(17)6-8-18(19)20/h11-12,17-18,22H,4-10,13H2,1-3H3/b16-14+/t17-,18-,20+/m1/s1. The van der Waals surface area contributed by atoms with Crippen LogP contribution in [-0.4, -0.2) is 18.0 Å². The molecule has 0 bridgehead atoms. The van der Waals surface area contributed by atoms with Crippen molar-refractivity contribution in [2.45, 2.75) is 65.7 Å². The van der Waals surface area contributed by atoms with E-state index in [4.69, 9.17) is 0 Å². The summed E-state index contributed by atoms with van der Waals surface area (Å²) in [5.41, 5.74) is 4.11. The van der Waals surface area contributed by atoms with Crippen LogP contribution < -0.4 is 0 Å². The minimum atomic E-state index is -0.125. The number of hydrogen-bond acceptors (Lipinski definition) is 2. The van der Waals surface area contributed by atoms with Gasteiger partial charge in [0, 0.05) is 5.57 Å². The van der Waals surface area contributed by atoms with Crippen molar-refractivity contribution in [3.8, 4) is 0 Å². The van der Waals surface area contributed by atoms with Gasteiger partial charge in [0.2, 0.25) is 0 Å². The molecule has 0 amide bonds. The Morgan fingerprint density at radius 1 is 1.27 bits per heavy atom. The molecule has 3 atom stereocenters. The maximum absolute atomic E-state index is 11.1. The van der Waals surface area contributed by atoms with Crippen LogP contribution in [0.25, 0.3) is 0 Å². The van der Waals surface area contributed by atoms with E-state index < -0.39 is 0 Å². The van der Waals surface area contributed by atoms with E-state index in [-0.39, 0.29) is 6.61 Å². The van der Waals surface area contributed by atoms with Gasteiger partial charge in [0.25, 0.3) is 0 Å². The predicted molar refractivity (Wildman–Crippen MR) is 89.4 cm³/mol. The first kappa shape index (κ1) is 16.0. The molecule has 1 N–H and O–H groups in total. The molecular formula is C20H30O2. The van der Waals surface area contributed by atoms with Crippen LogP contribution in [0.2, 0.25) is 0 Å². The summed E-state index contributed by atoms with van der Waals surface area (Å²) in [5.74, 6) is 1.51. The molecule has 3 aliphatic carbocycles. The number of allylic oxidation sites excluding steroid dienone is 3. The van der Waals surface area contributed by atoms with Crippen LogP contribution in [0.5, 0.6) is 0 Å². The Morgan fingerprint density at radius 3 is 2.73 bits per heavy atom. The quantitative estimate of drug-likeness (QED) is 0.605. The molecule has 2 nitrogen and oxygen atoms in total. The molecule has 0 aromatic carbocycles. The Bertz CT molecular complexity index is 526. The Kier molecular flexibility index (Phi) is 4.09. The van der Waals surface area contributed by atoms with Crippen molar-refractivity contribution in [1.29, 1.82) is 0 Å². The van der Waals surface area contributed by atoms with E-state index >= 15 is 0 Å². The lowest BCUT2D eigenvalue weighted by Gasteiger charge is -2.59. The number of rotatable bonds is 2. The molecule has 0 aromatic rings. The molecule has 2 heteroatoms. The van der Waals surface area contributed by atoms with Crippen molar-refractivity contribution in [3.63, 3.8) is 0 Å². The highest BCUT2D eigenvalue weighted by Crippen LogP contribution is 2.62. The number of hydrogen-bond donors (Lipinski definition) is 1. The summed E-state index contributed by atoms with van der Waals surface area (Å²) in [6, 6.07) is 0. The van der Waals surface area contributed by atoms with Gasteiger partial charge in [-0.05, 0) is 66.8 Å². The first-order valence-electron chi connectivity index (χ1n) is 8.91. The largest absolute Gasteiger partial charge is 0.392 e. The van der Waals surface area contributed by atoms with Crippen LogP contribution in [0, 0.1) is 22.7 Å². The lowest BCUT2D eigenvalue weighted by Crippen LogP contribution is -2.50. The highest BCUT2D eigenvalue weighted by molar-refractivity contribution is 5.76. The van der Waals surface area contributed by atoms with Crippen LogP contribution in [0.3, 0.4) is 0 Å². The van der Waals surface area contributed by atoms with E-state index in [1.165, 1.54) is 32.1 Å². The second kappa shape index (κ2) is 5.63. The van der Waals surface area contributed by atoms with Gasteiger partial charge in [0.05, 0.1) is 6.61 Å². The summed E-state index contributed by atoms with van der Waals surface area (Å²) in [6.45, 7) is 7.33. The van der Waals surface area contributed by atoms with E-state index in [9.17, 15) is 9.90 Å². The second-order valence-electron chi connectivity index (χ2n) is 8.58. The monoisotopic (exact) mass is 302 g/mol. The lowest BCUT2D eigenvalue weighted by molar-refractivity contribution is -0.105.